The third-order valence-electron chi connectivity index (χ3n) is 5.70. The Morgan fingerprint density at radius 3 is 2.65 bits per heavy atom. The molecule has 1 aromatic rings. The molecule has 1 aliphatic carbocycles. The minimum atomic E-state index is 0.269. The average molecular weight is 269 g/mol. The summed E-state index contributed by atoms with van der Waals surface area (Å²) in [5, 5.41) is 0. The molecule has 106 valence electrons. The van der Waals surface area contributed by atoms with E-state index in [1.807, 2.05) is 0 Å². The van der Waals surface area contributed by atoms with Crippen molar-refractivity contribution in [1.29, 1.82) is 0 Å². The molecule has 1 atom stereocenters. The molecule has 0 aromatic heterocycles. The van der Waals surface area contributed by atoms with Crippen LogP contribution in [-0.2, 0) is 13.0 Å². The fourth-order valence-electron chi connectivity index (χ4n) is 4.47. The molecule has 1 aromatic carbocycles. The summed E-state index contributed by atoms with van der Waals surface area (Å²) in [7, 11) is 0. The Bertz CT molecular complexity index is 542. The lowest BCUT2D eigenvalue weighted by atomic mass is 9.77. The van der Waals surface area contributed by atoms with Crippen LogP contribution in [0, 0.1) is 11.8 Å². The molecular formula is C18H23NO. The Kier molecular flexibility index (Phi) is 2.87. The lowest BCUT2D eigenvalue weighted by Crippen LogP contribution is -2.35. The fraction of sp³-hybridized carbons (Fsp3) is 0.611. The van der Waals surface area contributed by atoms with Gasteiger partial charge in [-0.05, 0) is 61.6 Å². The second-order valence-corrected chi connectivity index (χ2v) is 7.10. The van der Waals surface area contributed by atoms with Crippen molar-refractivity contribution < 1.29 is 4.79 Å². The molecule has 3 heterocycles. The van der Waals surface area contributed by atoms with E-state index in [0.29, 0.717) is 6.04 Å². The van der Waals surface area contributed by atoms with Crippen LogP contribution in [0.15, 0.2) is 18.2 Å². The van der Waals surface area contributed by atoms with E-state index in [1.165, 1.54) is 49.7 Å². The Morgan fingerprint density at radius 1 is 1.10 bits per heavy atom. The van der Waals surface area contributed by atoms with E-state index in [-0.39, 0.29) is 5.91 Å². The normalized spacial score (nSPS) is 32.4. The van der Waals surface area contributed by atoms with Gasteiger partial charge in [0.1, 0.15) is 0 Å². The van der Waals surface area contributed by atoms with Crippen molar-refractivity contribution in [2.45, 2.75) is 58.0 Å². The van der Waals surface area contributed by atoms with Crippen LogP contribution in [0.3, 0.4) is 0 Å². The van der Waals surface area contributed by atoms with E-state index < -0.39 is 0 Å². The van der Waals surface area contributed by atoms with Gasteiger partial charge in [-0.3, -0.25) is 4.79 Å². The molecule has 1 unspecified atom stereocenters. The van der Waals surface area contributed by atoms with E-state index in [1.54, 1.807) is 0 Å². The number of rotatable bonds is 0. The van der Waals surface area contributed by atoms with Crippen LogP contribution in [0.25, 0.3) is 0 Å². The lowest BCUT2D eigenvalue weighted by Gasteiger charge is -2.33. The van der Waals surface area contributed by atoms with Crippen molar-refractivity contribution in [3.05, 3.63) is 34.9 Å². The summed E-state index contributed by atoms with van der Waals surface area (Å²) in [6, 6.07) is 7.02. The van der Waals surface area contributed by atoms with Crippen molar-refractivity contribution in [3.8, 4) is 0 Å². The average Bonchev–Trinajstić information content (AvgIpc) is 2.79. The van der Waals surface area contributed by atoms with E-state index in [2.05, 4.69) is 30.0 Å². The SMILES string of the molecule is CC1CC2CCC(CC2)Cc2ccc3c(c2)C(=O)N1C3. The maximum atomic E-state index is 12.6. The zero-order valence-corrected chi connectivity index (χ0v) is 12.3. The quantitative estimate of drug-likeness (QED) is 0.702. The van der Waals surface area contributed by atoms with Crippen LogP contribution in [0.5, 0.6) is 0 Å². The van der Waals surface area contributed by atoms with Crippen LogP contribution in [-0.4, -0.2) is 16.8 Å². The van der Waals surface area contributed by atoms with E-state index >= 15 is 0 Å². The van der Waals surface area contributed by atoms with Crippen LogP contribution < -0.4 is 0 Å². The summed E-state index contributed by atoms with van der Waals surface area (Å²) in [5.74, 6) is 1.94. The molecule has 5 bridgehead atoms. The number of benzene rings is 1. The number of hydrogen-bond acceptors (Lipinski definition) is 1. The molecule has 3 aliphatic heterocycles. The highest BCUT2D eigenvalue weighted by Gasteiger charge is 2.33. The van der Waals surface area contributed by atoms with E-state index in [9.17, 15) is 4.79 Å². The summed E-state index contributed by atoms with van der Waals surface area (Å²) in [5.41, 5.74) is 3.58. The summed E-state index contributed by atoms with van der Waals surface area (Å²) >= 11 is 0. The lowest BCUT2D eigenvalue weighted by molar-refractivity contribution is 0.0679. The molecule has 1 fully saturated rings. The third kappa shape index (κ3) is 1.97. The van der Waals surface area contributed by atoms with Crippen LogP contribution in [0.2, 0.25) is 0 Å². The summed E-state index contributed by atoms with van der Waals surface area (Å²) < 4.78 is 0. The summed E-state index contributed by atoms with van der Waals surface area (Å²) in [4.78, 5) is 14.7. The van der Waals surface area contributed by atoms with Gasteiger partial charge in [0, 0.05) is 18.2 Å². The minimum absolute atomic E-state index is 0.269. The Morgan fingerprint density at radius 2 is 1.85 bits per heavy atom. The molecule has 0 N–H and O–H groups in total. The first kappa shape index (κ1) is 12.4. The smallest absolute Gasteiger partial charge is 0.254 e. The van der Waals surface area contributed by atoms with E-state index in [4.69, 9.17) is 0 Å². The Labute approximate surface area is 121 Å². The fourth-order valence-corrected chi connectivity index (χ4v) is 4.47. The highest BCUT2D eigenvalue weighted by atomic mass is 16.2. The van der Waals surface area contributed by atoms with Gasteiger partial charge < -0.3 is 4.90 Å². The molecule has 0 saturated heterocycles. The largest absolute Gasteiger partial charge is 0.332 e. The molecule has 0 spiro atoms. The molecule has 1 saturated carbocycles. The van der Waals surface area contributed by atoms with E-state index in [0.717, 1.165) is 23.9 Å². The summed E-state index contributed by atoms with van der Waals surface area (Å²) in [6.45, 7) is 3.06. The Balaban J connectivity index is 1.75. The number of carbonyl (C=O) groups is 1. The maximum Gasteiger partial charge on any atom is 0.254 e. The molecule has 2 heteroatoms. The van der Waals surface area contributed by atoms with Gasteiger partial charge in [0.05, 0.1) is 0 Å². The van der Waals surface area contributed by atoms with Gasteiger partial charge in [-0.15, -0.1) is 0 Å². The van der Waals surface area contributed by atoms with Crippen molar-refractivity contribution >= 4 is 5.91 Å². The van der Waals surface area contributed by atoms with Crippen LogP contribution >= 0.6 is 0 Å². The standard InChI is InChI=1S/C18H23NO/c1-12-8-13-2-4-14(5-3-13)9-15-6-7-16-11-19(12)18(20)17(16)10-15/h6-7,10,12-14H,2-5,8-9,11H2,1H3. The van der Waals surface area contributed by atoms with Gasteiger partial charge in [0.25, 0.3) is 5.91 Å². The first-order chi connectivity index (χ1) is 9.70. The van der Waals surface area contributed by atoms with Crippen molar-refractivity contribution in [3.63, 3.8) is 0 Å². The van der Waals surface area contributed by atoms with Gasteiger partial charge in [0.15, 0.2) is 0 Å². The van der Waals surface area contributed by atoms with Gasteiger partial charge >= 0.3 is 0 Å². The molecule has 4 aliphatic rings. The third-order valence-corrected chi connectivity index (χ3v) is 5.70. The minimum Gasteiger partial charge on any atom is -0.332 e. The zero-order chi connectivity index (χ0) is 13.7. The van der Waals surface area contributed by atoms with Crippen LogP contribution in [0.4, 0.5) is 0 Å². The number of nitrogens with zero attached hydrogens (tertiary/aromatic N) is 1. The van der Waals surface area contributed by atoms with Gasteiger partial charge in [-0.25, -0.2) is 0 Å². The first-order valence-corrected chi connectivity index (χ1v) is 8.13. The number of hydrogen-bond donors (Lipinski definition) is 0. The van der Waals surface area contributed by atoms with Crippen molar-refractivity contribution in [1.82, 2.24) is 4.90 Å². The molecule has 0 radical (unpaired) electrons. The number of carbonyl (C=O) groups excluding carboxylic acids is 1. The topological polar surface area (TPSA) is 20.3 Å². The van der Waals surface area contributed by atoms with Gasteiger partial charge in [-0.1, -0.05) is 25.0 Å². The number of amides is 1. The molecule has 2 nitrogen and oxygen atoms in total. The first-order valence-electron chi connectivity index (χ1n) is 8.13. The van der Waals surface area contributed by atoms with Crippen molar-refractivity contribution in [2.75, 3.05) is 0 Å². The maximum absolute atomic E-state index is 12.6. The van der Waals surface area contributed by atoms with Crippen LogP contribution in [0.1, 0.15) is 60.5 Å². The molecule has 1 amide bonds. The highest BCUT2D eigenvalue weighted by molar-refractivity contribution is 5.98. The second kappa shape index (κ2) is 4.61. The summed E-state index contributed by atoms with van der Waals surface area (Å²) in [6.07, 6.45) is 7.84. The van der Waals surface area contributed by atoms with Gasteiger partial charge in [0.2, 0.25) is 0 Å². The van der Waals surface area contributed by atoms with Gasteiger partial charge in [-0.2, -0.15) is 0 Å². The predicted molar refractivity (Wildman–Crippen MR) is 79.5 cm³/mol. The monoisotopic (exact) mass is 269 g/mol. The zero-order valence-electron chi connectivity index (χ0n) is 12.3. The Hall–Kier alpha value is -1.31. The highest BCUT2D eigenvalue weighted by Crippen LogP contribution is 2.37. The van der Waals surface area contributed by atoms with Crippen molar-refractivity contribution in [2.24, 2.45) is 11.8 Å². The second-order valence-electron chi connectivity index (χ2n) is 7.10. The number of fused-ring (bicyclic) bond motifs is 3. The predicted octanol–water partition coefficient (Wildman–Crippen LogP) is 3.78. The molecule has 5 rings (SSSR count). The molecular weight excluding hydrogens is 246 g/mol. The molecule has 20 heavy (non-hydrogen) atoms.